The van der Waals surface area contributed by atoms with Crippen LogP contribution in [-0.2, 0) is 0 Å². The lowest BCUT2D eigenvalue weighted by Crippen LogP contribution is -2.03. The van der Waals surface area contributed by atoms with Gasteiger partial charge >= 0.3 is 0 Å². The van der Waals surface area contributed by atoms with Crippen LogP contribution in [0.1, 0.15) is 0 Å². The highest BCUT2D eigenvalue weighted by molar-refractivity contribution is 7.25. The molecular formula is C46H28N4S. The molecule has 0 aliphatic rings. The Kier molecular flexibility index (Phi) is 6.09. The van der Waals surface area contributed by atoms with Gasteiger partial charge in [0.05, 0.1) is 27.8 Å². The Morgan fingerprint density at radius 2 is 1.08 bits per heavy atom. The summed E-state index contributed by atoms with van der Waals surface area (Å²) in [6.45, 7) is 0. The van der Waals surface area contributed by atoms with Gasteiger partial charge in [0.1, 0.15) is 5.82 Å². The SMILES string of the molecule is c1ccc(-c2cc(-n3c4ccccc4c4ccc5c(c6ccccc6n5-c5ccccc5)c43)nc(-c3ccc4sc5ccccc5c4c3)n2)cc1. The Hall–Kier alpha value is -6.56. The average Bonchev–Trinajstić information content (AvgIpc) is 3.86. The molecule has 0 radical (unpaired) electrons. The van der Waals surface area contributed by atoms with Gasteiger partial charge in [0.25, 0.3) is 0 Å². The van der Waals surface area contributed by atoms with Crippen LogP contribution < -0.4 is 0 Å². The number of rotatable bonds is 4. The molecule has 51 heavy (non-hydrogen) atoms. The van der Waals surface area contributed by atoms with Crippen LogP contribution in [0.3, 0.4) is 0 Å². The smallest absolute Gasteiger partial charge is 0.162 e. The zero-order chi connectivity index (χ0) is 33.5. The molecule has 11 aromatic rings. The summed E-state index contributed by atoms with van der Waals surface area (Å²) in [4.78, 5) is 10.7. The van der Waals surface area contributed by atoms with E-state index in [0.717, 1.165) is 44.9 Å². The highest BCUT2D eigenvalue weighted by Gasteiger charge is 2.22. The molecule has 4 heterocycles. The quantitative estimate of drug-likeness (QED) is 0.187. The lowest BCUT2D eigenvalue weighted by Gasteiger charge is -2.13. The normalized spacial score (nSPS) is 11.9. The largest absolute Gasteiger partial charge is 0.309 e. The van der Waals surface area contributed by atoms with Crippen LogP contribution in [0.25, 0.3) is 97.9 Å². The first-order valence-corrected chi connectivity index (χ1v) is 18.0. The van der Waals surface area contributed by atoms with Gasteiger partial charge in [-0.1, -0.05) is 109 Å². The number of nitrogens with zero attached hydrogens (tertiary/aromatic N) is 4. The van der Waals surface area contributed by atoms with E-state index in [1.165, 1.54) is 47.2 Å². The summed E-state index contributed by atoms with van der Waals surface area (Å²) in [6.07, 6.45) is 0. The van der Waals surface area contributed by atoms with Crippen molar-refractivity contribution in [1.29, 1.82) is 0 Å². The summed E-state index contributed by atoms with van der Waals surface area (Å²) in [5.74, 6) is 1.54. The van der Waals surface area contributed by atoms with E-state index in [4.69, 9.17) is 9.97 Å². The van der Waals surface area contributed by atoms with Gasteiger partial charge in [-0.15, -0.1) is 11.3 Å². The maximum absolute atomic E-state index is 5.44. The van der Waals surface area contributed by atoms with E-state index in [0.29, 0.717) is 5.82 Å². The molecule has 0 bridgehead atoms. The van der Waals surface area contributed by atoms with Crippen molar-refractivity contribution in [3.8, 4) is 34.2 Å². The van der Waals surface area contributed by atoms with Crippen molar-refractivity contribution >= 4 is 75.1 Å². The first kappa shape index (κ1) is 28.3. The predicted molar refractivity (Wildman–Crippen MR) is 214 cm³/mol. The molecule has 0 amide bonds. The van der Waals surface area contributed by atoms with Gasteiger partial charge in [0, 0.05) is 64.6 Å². The van der Waals surface area contributed by atoms with Crippen LogP contribution in [0.4, 0.5) is 0 Å². The molecule has 0 saturated carbocycles. The molecule has 4 nitrogen and oxygen atoms in total. The topological polar surface area (TPSA) is 35.6 Å². The van der Waals surface area contributed by atoms with E-state index in [-0.39, 0.29) is 0 Å². The number of fused-ring (bicyclic) bond motifs is 10. The minimum Gasteiger partial charge on any atom is -0.309 e. The fraction of sp³-hybridized carbons (Fsp3) is 0. The van der Waals surface area contributed by atoms with Gasteiger partial charge < -0.3 is 4.57 Å². The van der Waals surface area contributed by atoms with E-state index < -0.39 is 0 Å². The summed E-state index contributed by atoms with van der Waals surface area (Å²) < 4.78 is 7.30. The van der Waals surface area contributed by atoms with E-state index in [1.807, 2.05) is 17.4 Å². The molecule has 4 aromatic heterocycles. The van der Waals surface area contributed by atoms with Crippen LogP contribution in [0, 0.1) is 0 Å². The Bertz CT molecular complexity index is 3130. The van der Waals surface area contributed by atoms with Crippen LogP contribution in [-0.4, -0.2) is 19.1 Å². The molecule has 0 aliphatic heterocycles. The highest BCUT2D eigenvalue weighted by Crippen LogP contribution is 2.42. The number of para-hydroxylation sites is 3. The average molecular weight is 669 g/mol. The Morgan fingerprint density at radius 3 is 1.90 bits per heavy atom. The second-order valence-electron chi connectivity index (χ2n) is 13.0. The minimum absolute atomic E-state index is 0.702. The van der Waals surface area contributed by atoms with Gasteiger partial charge in [-0.25, -0.2) is 9.97 Å². The van der Waals surface area contributed by atoms with Crippen molar-refractivity contribution in [2.45, 2.75) is 0 Å². The van der Waals surface area contributed by atoms with Crippen molar-refractivity contribution in [2.75, 3.05) is 0 Å². The number of hydrogen-bond acceptors (Lipinski definition) is 3. The monoisotopic (exact) mass is 668 g/mol. The molecule has 0 fully saturated rings. The third-order valence-electron chi connectivity index (χ3n) is 10.1. The maximum atomic E-state index is 5.44. The molecule has 0 N–H and O–H groups in total. The number of benzene rings is 7. The molecular weight excluding hydrogens is 641 g/mol. The molecule has 0 aliphatic carbocycles. The molecule has 238 valence electrons. The molecule has 0 unspecified atom stereocenters. The van der Waals surface area contributed by atoms with Crippen LogP contribution in [0.2, 0.25) is 0 Å². The Balaban J connectivity index is 1.26. The Morgan fingerprint density at radius 1 is 0.412 bits per heavy atom. The molecule has 0 atom stereocenters. The van der Waals surface area contributed by atoms with E-state index >= 15 is 0 Å². The van der Waals surface area contributed by atoms with Gasteiger partial charge in [0.2, 0.25) is 0 Å². The zero-order valence-electron chi connectivity index (χ0n) is 27.4. The second kappa shape index (κ2) is 11.0. The second-order valence-corrected chi connectivity index (χ2v) is 14.1. The molecule has 0 spiro atoms. The van der Waals surface area contributed by atoms with E-state index in [1.54, 1.807) is 0 Å². The summed E-state index contributed by atoms with van der Waals surface area (Å²) in [5, 5.41) is 7.29. The number of aromatic nitrogens is 4. The van der Waals surface area contributed by atoms with Crippen LogP contribution >= 0.6 is 11.3 Å². The third kappa shape index (κ3) is 4.25. The molecule has 11 rings (SSSR count). The van der Waals surface area contributed by atoms with Gasteiger partial charge in [-0.05, 0) is 54.6 Å². The van der Waals surface area contributed by atoms with Gasteiger partial charge in [0.15, 0.2) is 5.82 Å². The first-order chi connectivity index (χ1) is 25.3. The van der Waals surface area contributed by atoms with Crippen molar-refractivity contribution in [3.05, 3.63) is 170 Å². The fourth-order valence-electron chi connectivity index (χ4n) is 7.90. The van der Waals surface area contributed by atoms with Crippen molar-refractivity contribution in [2.24, 2.45) is 0 Å². The van der Waals surface area contributed by atoms with Crippen molar-refractivity contribution in [3.63, 3.8) is 0 Å². The standard InChI is InChI=1S/C46H28N4S/c1-3-13-29(14-4-1)37-28-43(48-46(47-37)30-23-26-42-36(27-30)33-18-9-12-22-41(33)51-42)50-38-20-10-7-17-32(38)34-24-25-40-44(45(34)50)35-19-8-11-21-39(35)49(40)31-15-5-2-6-16-31/h1-28H. The van der Waals surface area contributed by atoms with Crippen LogP contribution in [0.5, 0.6) is 0 Å². The summed E-state index contributed by atoms with van der Waals surface area (Å²) in [6, 6.07) is 60.5. The van der Waals surface area contributed by atoms with Crippen molar-refractivity contribution in [1.82, 2.24) is 19.1 Å². The van der Waals surface area contributed by atoms with Gasteiger partial charge in [-0.2, -0.15) is 0 Å². The summed E-state index contributed by atoms with van der Waals surface area (Å²) >= 11 is 1.82. The highest BCUT2D eigenvalue weighted by atomic mass is 32.1. The predicted octanol–water partition coefficient (Wildman–Crippen LogP) is 12.4. The van der Waals surface area contributed by atoms with E-state index in [2.05, 4.69) is 173 Å². The van der Waals surface area contributed by atoms with Crippen molar-refractivity contribution < 1.29 is 0 Å². The fourth-order valence-corrected chi connectivity index (χ4v) is 8.99. The molecule has 0 saturated heterocycles. The third-order valence-corrected chi connectivity index (χ3v) is 11.3. The zero-order valence-corrected chi connectivity index (χ0v) is 28.2. The summed E-state index contributed by atoms with van der Waals surface area (Å²) in [5.41, 5.74) is 8.65. The molecule has 5 heteroatoms. The van der Waals surface area contributed by atoms with Gasteiger partial charge in [-0.3, -0.25) is 4.57 Å². The molecule has 7 aromatic carbocycles. The van der Waals surface area contributed by atoms with Crippen LogP contribution in [0.15, 0.2) is 170 Å². The Labute approximate surface area is 297 Å². The maximum Gasteiger partial charge on any atom is 0.162 e. The lowest BCUT2D eigenvalue weighted by atomic mass is 10.1. The lowest BCUT2D eigenvalue weighted by molar-refractivity contribution is 1.05. The first-order valence-electron chi connectivity index (χ1n) is 17.2. The number of thiophene rings is 1. The summed E-state index contributed by atoms with van der Waals surface area (Å²) in [7, 11) is 0. The number of hydrogen-bond donors (Lipinski definition) is 0. The van der Waals surface area contributed by atoms with E-state index in [9.17, 15) is 0 Å². The minimum atomic E-state index is 0.702.